The largest absolute Gasteiger partial charge is 0.490 e. The average Bonchev–Trinajstić information content (AvgIpc) is 2.90. The van der Waals surface area contributed by atoms with Gasteiger partial charge in [0.1, 0.15) is 12.4 Å². The minimum atomic E-state index is -5.08. The number of amides is 2. The summed E-state index contributed by atoms with van der Waals surface area (Å²) >= 11 is 0. The summed E-state index contributed by atoms with van der Waals surface area (Å²) in [4.78, 5) is 49.7. The lowest BCUT2D eigenvalue weighted by atomic mass is 10.0. The standard InChI is InChI=1S/C27H29FN4O3.C2HF3O2/c1-16-9-17(2)11-21(10-16)14-31-7-8-32(15-25(31)33)27(35)22-12-20(5-6-23(22)28)13-24-18(3)19(4)26(34)30-29-24;3-2(4,5)1(6)7/h5-6,9-12H,7-8,13-15H2,1-4H3,(H,30,34);(H,6,7). The molecule has 0 bridgehead atoms. The van der Waals surface area contributed by atoms with Crippen LogP contribution in [0.4, 0.5) is 17.6 Å². The van der Waals surface area contributed by atoms with Crippen molar-refractivity contribution in [2.45, 2.75) is 46.8 Å². The molecule has 13 heteroatoms. The molecule has 0 saturated carbocycles. The van der Waals surface area contributed by atoms with Crippen LogP contribution >= 0.6 is 0 Å². The SMILES string of the molecule is Cc1cc(C)cc(CN2CCN(C(=O)c3cc(Cc4n[nH]c(=O)c(C)c4C)ccc3F)CC2=O)c1.O=C(O)C(F)(F)F. The maximum absolute atomic E-state index is 14.6. The second-order valence-corrected chi connectivity index (χ2v) is 10.1. The van der Waals surface area contributed by atoms with Crippen LogP contribution in [0.2, 0.25) is 0 Å². The first kappa shape index (κ1) is 32.0. The first-order valence-corrected chi connectivity index (χ1v) is 12.8. The molecule has 42 heavy (non-hydrogen) atoms. The maximum Gasteiger partial charge on any atom is 0.490 e. The Hall–Kier alpha value is -4.55. The molecule has 1 aliphatic rings. The van der Waals surface area contributed by atoms with Gasteiger partial charge in [-0.25, -0.2) is 14.3 Å². The fourth-order valence-electron chi connectivity index (χ4n) is 4.48. The molecule has 2 amide bonds. The highest BCUT2D eigenvalue weighted by Gasteiger charge is 2.38. The van der Waals surface area contributed by atoms with Crippen LogP contribution in [0.25, 0.3) is 0 Å². The number of piperazine rings is 1. The Morgan fingerprint density at radius 1 is 0.952 bits per heavy atom. The molecule has 0 radical (unpaired) electrons. The summed E-state index contributed by atoms with van der Waals surface area (Å²) in [6, 6.07) is 10.6. The van der Waals surface area contributed by atoms with E-state index in [9.17, 15) is 31.9 Å². The van der Waals surface area contributed by atoms with Crippen LogP contribution in [0.15, 0.2) is 41.2 Å². The van der Waals surface area contributed by atoms with Crippen molar-refractivity contribution in [2.24, 2.45) is 0 Å². The molecule has 9 nitrogen and oxygen atoms in total. The van der Waals surface area contributed by atoms with Crippen molar-refractivity contribution in [3.8, 4) is 0 Å². The van der Waals surface area contributed by atoms with Gasteiger partial charge < -0.3 is 14.9 Å². The summed E-state index contributed by atoms with van der Waals surface area (Å²) < 4.78 is 46.4. The number of nitrogens with one attached hydrogen (secondary N) is 1. The third-order valence-electron chi connectivity index (χ3n) is 6.76. The Morgan fingerprint density at radius 2 is 1.57 bits per heavy atom. The molecule has 1 fully saturated rings. The molecule has 2 N–H and O–H groups in total. The van der Waals surface area contributed by atoms with Gasteiger partial charge in [0, 0.05) is 31.6 Å². The first-order chi connectivity index (χ1) is 19.6. The van der Waals surface area contributed by atoms with Crippen molar-refractivity contribution in [2.75, 3.05) is 19.6 Å². The highest BCUT2D eigenvalue weighted by atomic mass is 19.4. The van der Waals surface area contributed by atoms with Gasteiger partial charge in [-0.2, -0.15) is 18.3 Å². The fourth-order valence-corrected chi connectivity index (χ4v) is 4.48. The molecule has 2 aromatic carbocycles. The number of hydrogen-bond donors (Lipinski definition) is 2. The van der Waals surface area contributed by atoms with Gasteiger partial charge in [0.2, 0.25) is 5.91 Å². The van der Waals surface area contributed by atoms with Crippen LogP contribution in [-0.4, -0.2) is 68.7 Å². The predicted molar refractivity (Wildman–Crippen MR) is 144 cm³/mol. The lowest BCUT2D eigenvalue weighted by molar-refractivity contribution is -0.192. The maximum atomic E-state index is 14.6. The van der Waals surface area contributed by atoms with E-state index < -0.39 is 23.9 Å². The van der Waals surface area contributed by atoms with Crippen LogP contribution in [0.1, 0.15) is 49.4 Å². The number of carbonyl (C=O) groups is 3. The van der Waals surface area contributed by atoms with Gasteiger partial charge in [-0.15, -0.1) is 0 Å². The molecule has 1 aliphatic heterocycles. The number of rotatable bonds is 5. The first-order valence-electron chi connectivity index (χ1n) is 12.8. The van der Waals surface area contributed by atoms with Crippen molar-refractivity contribution in [1.82, 2.24) is 20.0 Å². The molecule has 0 atom stereocenters. The van der Waals surface area contributed by atoms with Gasteiger partial charge in [-0.1, -0.05) is 35.4 Å². The highest BCUT2D eigenvalue weighted by molar-refractivity contribution is 5.97. The smallest absolute Gasteiger partial charge is 0.475 e. The number of aromatic nitrogens is 2. The number of benzene rings is 2. The number of H-pyrrole nitrogens is 1. The van der Waals surface area contributed by atoms with E-state index in [1.807, 2.05) is 20.8 Å². The van der Waals surface area contributed by atoms with Gasteiger partial charge in [-0.3, -0.25) is 14.4 Å². The van der Waals surface area contributed by atoms with Gasteiger partial charge in [0.25, 0.3) is 11.5 Å². The van der Waals surface area contributed by atoms with E-state index in [2.05, 4.69) is 28.4 Å². The predicted octanol–water partition coefficient (Wildman–Crippen LogP) is 3.85. The quantitative estimate of drug-likeness (QED) is 0.435. The van der Waals surface area contributed by atoms with Gasteiger partial charge >= 0.3 is 12.1 Å². The Balaban J connectivity index is 0.000000616. The number of halogens is 4. The molecular formula is C29H30F4N4O5. The third-order valence-corrected chi connectivity index (χ3v) is 6.76. The van der Waals surface area contributed by atoms with E-state index in [1.54, 1.807) is 17.9 Å². The summed E-state index contributed by atoms with van der Waals surface area (Å²) in [6.07, 6.45) is -4.74. The number of carbonyl (C=O) groups excluding carboxylic acids is 2. The fraction of sp³-hybridized carbons (Fsp3) is 0.345. The Morgan fingerprint density at radius 3 is 2.14 bits per heavy atom. The number of carboxylic acid groups (broad SMARTS) is 1. The molecule has 2 heterocycles. The minimum Gasteiger partial charge on any atom is -0.475 e. The summed E-state index contributed by atoms with van der Waals surface area (Å²) in [5, 5.41) is 13.7. The van der Waals surface area contributed by atoms with E-state index >= 15 is 0 Å². The molecule has 224 valence electrons. The number of nitrogens with zero attached hydrogens (tertiary/aromatic N) is 3. The second-order valence-electron chi connectivity index (χ2n) is 10.1. The van der Waals surface area contributed by atoms with Gasteiger partial charge in [-0.05, 0) is 56.5 Å². The molecular weight excluding hydrogens is 560 g/mol. The zero-order valence-corrected chi connectivity index (χ0v) is 23.4. The summed E-state index contributed by atoms with van der Waals surface area (Å²) in [7, 11) is 0. The molecule has 0 spiro atoms. The number of aromatic amines is 1. The molecule has 1 aromatic heterocycles. The number of carboxylic acids is 1. The molecule has 3 aromatic rings. The lowest BCUT2D eigenvalue weighted by Crippen LogP contribution is -2.51. The number of alkyl halides is 3. The van der Waals surface area contributed by atoms with Crippen molar-refractivity contribution in [3.05, 3.63) is 97.2 Å². The molecule has 0 aliphatic carbocycles. The van der Waals surface area contributed by atoms with Crippen molar-refractivity contribution in [1.29, 1.82) is 0 Å². The highest BCUT2D eigenvalue weighted by Crippen LogP contribution is 2.20. The summed E-state index contributed by atoms with van der Waals surface area (Å²) in [5.74, 6) is -4.06. The summed E-state index contributed by atoms with van der Waals surface area (Å²) in [6.45, 7) is 8.69. The monoisotopic (exact) mass is 590 g/mol. The third kappa shape index (κ3) is 8.02. The van der Waals surface area contributed by atoms with E-state index in [-0.39, 0.29) is 23.6 Å². The zero-order chi connectivity index (χ0) is 31.4. The van der Waals surface area contributed by atoms with E-state index in [0.29, 0.717) is 42.9 Å². The van der Waals surface area contributed by atoms with Crippen molar-refractivity contribution >= 4 is 17.8 Å². The zero-order valence-electron chi connectivity index (χ0n) is 23.4. The molecule has 4 rings (SSSR count). The topological polar surface area (TPSA) is 124 Å². The Labute approximate surface area is 238 Å². The van der Waals surface area contributed by atoms with Crippen LogP contribution in [0.5, 0.6) is 0 Å². The average molecular weight is 591 g/mol. The molecule has 0 unspecified atom stereocenters. The van der Waals surface area contributed by atoms with E-state index in [4.69, 9.17) is 9.90 Å². The minimum absolute atomic E-state index is 0.0724. The summed E-state index contributed by atoms with van der Waals surface area (Å²) in [5.41, 5.74) is 5.69. The van der Waals surface area contributed by atoms with E-state index in [0.717, 1.165) is 22.3 Å². The van der Waals surface area contributed by atoms with Crippen LogP contribution < -0.4 is 5.56 Å². The van der Waals surface area contributed by atoms with Crippen LogP contribution in [0.3, 0.4) is 0 Å². The normalized spacial score (nSPS) is 13.5. The Bertz CT molecular complexity index is 1550. The van der Waals surface area contributed by atoms with Crippen molar-refractivity contribution < 1.29 is 37.1 Å². The van der Waals surface area contributed by atoms with Crippen LogP contribution in [-0.2, 0) is 22.6 Å². The second kappa shape index (κ2) is 13.0. The number of aliphatic carboxylic acids is 1. The van der Waals surface area contributed by atoms with Crippen molar-refractivity contribution in [3.63, 3.8) is 0 Å². The van der Waals surface area contributed by atoms with Gasteiger partial charge in [0.05, 0.1) is 11.3 Å². The number of aryl methyl sites for hydroxylation is 2. The Kier molecular flexibility index (Phi) is 9.87. The van der Waals surface area contributed by atoms with E-state index in [1.165, 1.54) is 17.0 Å². The molecule has 1 saturated heterocycles. The van der Waals surface area contributed by atoms with Crippen LogP contribution in [0, 0.1) is 33.5 Å². The lowest BCUT2D eigenvalue weighted by Gasteiger charge is -2.34. The van der Waals surface area contributed by atoms with Gasteiger partial charge in [0.15, 0.2) is 0 Å². The number of hydrogen-bond acceptors (Lipinski definition) is 5.